The molecule has 0 bridgehead atoms. The Hall–Kier alpha value is -1.99. The topological polar surface area (TPSA) is 94.2 Å². The van der Waals surface area contributed by atoms with Crippen LogP contribution in [0.25, 0.3) is 0 Å². The van der Waals surface area contributed by atoms with E-state index in [1.54, 1.807) is 41.5 Å². The zero-order valence-electron chi connectivity index (χ0n) is 15.2. The molecule has 0 saturated heterocycles. The third-order valence-corrected chi connectivity index (χ3v) is 2.34. The molecule has 0 spiro atoms. The van der Waals surface area contributed by atoms with Gasteiger partial charge in [-0.2, -0.15) is 0 Å². The molecular weight excluding hydrogens is 304 g/mol. The molecule has 0 aromatic rings. The van der Waals surface area contributed by atoms with Gasteiger partial charge in [0.15, 0.2) is 0 Å². The van der Waals surface area contributed by atoms with Crippen LogP contribution >= 0.6 is 0 Å². The van der Waals surface area contributed by atoms with Gasteiger partial charge in [-0.25, -0.2) is 14.4 Å². The van der Waals surface area contributed by atoms with Crippen LogP contribution in [0.15, 0.2) is 0 Å². The van der Waals surface area contributed by atoms with E-state index in [-0.39, 0.29) is 6.54 Å². The molecule has 0 saturated carbocycles. The molecule has 23 heavy (non-hydrogen) atoms. The molecule has 0 radical (unpaired) electrons. The van der Waals surface area contributed by atoms with Gasteiger partial charge in [-0.1, -0.05) is 0 Å². The quantitative estimate of drug-likeness (QED) is 0.624. The number of hydrogen-bond donors (Lipinski definition) is 1. The number of nitrogens with one attached hydrogen (secondary N) is 1. The second kappa shape index (κ2) is 8.03. The van der Waals surface area contributed by atoms with Gasteiger partial charge >= 0.3 is 18.2 Å². The lowest BCUT2D eigenvalue weighted by atomic mass is 10.2. The Balaban J connectivity index is 4.83. The number of carbonyl (C=O) groups excluding carboxylic acids is 3. The SMILES string of the molecule is COC(=O)C(CN(C)C(=O)OC(C)(C)C)NC(=O)OC(C)(C)C. The van der Waals surface area contributed by atoms with Gasteiger partial charge in [0.05, 0.1) is 13.7 Å². The standard InChI is InChI=1S/C15H28N2O6/c1-14(2,3)22-12(19)16-10(11(18)21-8)9-17(7)13(20)23-15(4,5)6/h10H,9H2,1-8H3,(H,16,19). The Bertz CT molecular complexity index is 436. The van der Waals surface area contributed by atoms with Crippen molar-refractivity contribution in [1.82, 2.24) is 10.2 Å². The highest BCUT2D eigenvalue weighted by Crippen LogP contribution is 2.10. The Morgan fingerprint density at radius 2 is 1.48 bits per heavy atom. The van der Waals surface area contributed by atoms with Crippen molar-refractivity contribution in [3.63, 3.8) is 0 Å². The first-order chi connectivity index (χ1) is 10.2. The van der Waals surface area contributed by atoms with Crippen LogP contribution in [0.4, 0.5) is 9.59 Å². The van der Waals surface area contributed by atoms with Gasteiger partial charge in [0, 0.05) is 7.05 Å². The number of ether oxygens (including phenoxy) is 3. The van der Waals surface area contributed by atoms with Crippen LogP contribution in [0.2, 0.25) is 0 Å². The Morgan fingerprint density at radius 1 is 1.00 bits per heavy atom. The first kappa shape index (κ1) is 21.0. The second-order valence-corrected chi connectivity index (χ2v) is 7.08. The van der Waals surface area contributed by atoms with Gasteiger partial charge in [-0.3, -0.25) is 0 Å². The third-order valence-electron chi connectivity index (χ3n) is 2.34. The van der Waals surface area contributed by atoms with Crippen molar-refractivity contribution in [2.24, 2.45) is 0 Å². The number of esters is 1. The Kier molecular flexibility index (Phi) is 7.33. The summed E-state index contributed by atoms with van der Waals surface area (Å²) in [6.45, 7) is 10.2. The lowest BCUT2D eigenvalue weighted by molar-refractivity contribution is -0.143. The van der Waals surface area contributed by atoms with Crippen molar-refractivity contribution in [1.29, 1.82) is 0 Å². The summed E-state index contributed by atoms with van der Waals surface area (Å²) in [6.07, 6.45) is -1.39. The van der Waals surface area contributed by atoms with Crippen LogP contribution in [0.5, 0.6) is 0 Å². The van der Waals surface area contributed by atoms with Crippen molar-refractivity contribution in [3.8, 4) is 0 Å². The number of methoxy groups -OCH3 is 1. The molecule has 1 atom stereocenters. The molecule has 8 heteroatoms. The van der Waals surface area contributed by atoms with E-state index in [1.165, 1.54) is 19.1 Å². The van der Waals surface area contributed by atoms with Crippen LogP contribution in [0, 0.1) is 0 Å². The summed E-state index contributed by atoms with van der Waals surface area (Å²) >= 11 is 0. The minimum absolute atomic E-state index is 0.110. The highest BCUT2D eigenvalue weighted by Gasteiger charge is 2.29. The highest BCUT2D eigenvalue weighted by molar-refractivity contribution is 5.82. The molecular formula is C15H28N2O6. The maximum absolute atomic E-state index is 11.9. The zero-order valence-corrected chi connectivity index (χ0v) is 15.2. The normalized spacial score (nSPS) is 12.9. The van der Waals surface area contributed by atoms with E-state index in [2.05, 4.69) is 10.1 Å². The molecule has 134 valence electrons. The molecule has 0 aromatic carbocycles. The number of hydrogen-bond acceptors (Lipinski definition) is 6. The molecule has 0 fully saturated rings. The summed E-state index contributed by atoms with van der Waals surface area (Å²) in [5.74, 6) is -0.689. The highest BCUT2D eigenvalue weighted by atomic mass is 16.6. The number of nitrogens with zero attached hydrogens (tertiary/aromatic N) is 1. The van der Waals surface area contributed by atoms with Crippen molar-refractivity contribution in [3.05, 3.63) is 0 Å². The maximum atomic E-state index is 11.9. The molecule has 0 aliphatic carbocycles. The number of rotatable bonds is 4. The van der Waals surface area contributed by atoms with Gasteiger partial charge in [0.2, 0.25) is 0 Å². The van der Waals surface area contributed by atoms with E-state index in [4.69, 9.17) is 9.47 Å². The smallest absolute Gasteiger partial charge is 0.410 e. The van der Waals surface area contributed by atoms with Crippen LogP contribution in [0.3, 0.4) is 0 Å². The molecule has 0 heterocycles. The van der Waals surface area contributed by atoms with E-state index in [0.29, 0.717) is 0 Å². The van der Waals surface area contributed by atoms with Gasteiger partial charge in [0.1, 0.15) is 17.2 Å². The van der Waals surface area contributed by atoms with Crippen LogP contribution in [-0.2, 0) is 19.0 Å². The zero-order chi connectivity index (χ0) is 18.4. The molecule has 8 nitrogen and oxygen atoms in total. The van der Waals surface area contributed by atoms with E-state index in [1.807, 2.05) is 0 Å². The number of alkyl carbamates (subject to hydrolysis) is 1. The number of amides is 2. The van der Waals surface area contributed by atoms with Crippen LogP contribution in [0.1, 0.15) is 41.5 Å². The van der Waals surface area contributed by atoms with E-state index >= 15 is 0 Å². The molecule has 1 N–H and O–H groups in total. The van der Waals surface area contributed by atoms with Gasteiger partial charge in [-0.15, -0.1) is 0 Å². The number of likely N-dealkylation sites (N-methyl/N-ethyl adjacent to an activating group) is 1. The Morgan fingerprint density at radius 3 is 1.87 bits per heavy atom. The molecule has 1 unspecified atom stereocenters. The largest absolute Gasteiger partial charge is 0.467 e. The van der Waals surface area contributed by atoms with Crippen LogP contribution in [-0.4, -0.2) is 61.0 Å². The lowest BCUT2D eigenvalue weighted by Crippen LogP contribution is -2.51. The summed E-state index contributed by atoms with van der Waals surface area (Å²) < 4.78 is 14.9. The minimum atomic E-state index is -1.06. The predicted octanol–water partition coefficient (Wildman–Crippen LogP) is 1.92. The van der Waals surface area contributed by atoms with Crippen molar-refractivity contribution < 1.29 is 28.6 Å². The predicted molar refractivity (Wildman–Crippen MR) is 84.0 cm³/mol. The summed E-state index contributed by atoms with van der Waals surface area (Å²) in [5.41, 5.74) is -1.37. The first-order valence-corrected chi connectivity index (χ1v) is 7.26. The molecule has 0 aliphatic rings. The maximum Gasteiger partial charge on any atom is 0.410 e. The number of carbonyl (C=O) groups is 3. The minimum Gasteiger partial charge on any atom is -0.467 e. The second-order valence-electron chi connectivity index (χ2n) is 7.08. The van der Waals surface area contributed by atoms with Gasteiger partial charge in [0.25, 0.3) is 0 Å². The molecule has 2 amide bonds. The fraction of sp³-hybridized carbons (Fsp3) is 0.800. The molecule has 0 rings (SSSR count). The fourth-order valence-corrected chi connectivity index (χ4v) is 1.46. The molecule has 0 aromatic heterocycles. The van der Waals surface area contributed by atoms with Crippen molar-refractivity contribution in [2.45, 2.75) is 58.8 Å². The summed E-state index contributed by atoms with van der Waals surface area (Å²) in [5, 5.41) is 2.39. The summed E-state index contributed by atoms with van der Waals surface area (Å²) in [6, 6.07) is -1.06. The van der Waals surface area contributed by atoms with Crippen LogP contribution < -0.4 is 5.32 Å². The molecule has 0 aliphatic heterocycles. The van der Waals surface area contributed by atoms with Gasteiger partial charge in [-0.05, 0) is 41.5 Å². The average Bonchev–Trinajstić information content (AvgIpc) is 2.32. The van der Waals surface area contributed by atoms with E-state index in [9.17, 15) is 14.4 Å². The third kappa shape index (κ3) is 9.59. The first-order valence-electron chi connectivity index (χ1n) is 7.26. The lowest BCUT2D eigenvalue weighted by Gasteiger charge is -2.27. The monoisotopic (exact) mass is 332 g/mol. The Labute approximate surface area is 137 Å². The summed E-state index contributed by atoms with van der Waals surface area (Å²) in [7, 11) is 2.65. The van der Waals surface area contributed by atoms with Gasteiger partial charge < -0.3 is 24.4 Å². The fourth-order valence-electron chi connectivity index (χ4n) is 1.46. The average molecular weight is 332 g/mol. The van der Waals surface area contributed by atoms with E-state index < -0.39 is 35.4 Å². The van der Waals surface area contributed by atoms with Crippen molar-refractivity contribution >= 4 is 18.2 Å². The van der Waals surface area contributed by atoms with Crippen molar-refractivity contribution in [2.75, 3.05) is 20.7 Å². The van der Waals surface area contributed by atoms with E-state index in [0.717, 1.165) is 0 Å². The summed E-state index contributed by atoms with van der Waals surface area (Å²) in [4.78, 5) is 36.7.